The van der Waals surface area contributed by atoms with Crippen LogP contribution in [0.4, 0.5) is 5.95 Å². The number of nitrogens with zero attached hydrogens (tertiary/aromatic N) is 4. The first kappa shape index (κ1) is 14.7. The number of hydrogen-bond donors (Lipinski definition) is 1. The van der Waals surface area contributed by atoms with Crippen molar-refractivity contribution in [1.29, 1.82) is 0 Å². The van der Waals surface area contributed by atoms with Crippen molar-refractivity contribution in [2.45, 2.75) is 13.8 Å². The van der Waals surface area contributed by atoms with Gasteiger partial charge in [-0.2, -0.15) is 0 Å². The van der Waals surface area contributed by atoms with Crippen LogP contribution in [-0.2, 0) is 4.79 Å². The summed E-state index contributed by atoms with van der Waals surface area (Å²) in [5, 5.41) is 3.20. The molecule has 6 heteroatoms. The minimum atomic E-state index is 0.180. The van der Waals surface area contributed by atoms with Crippen molar-refractivity contribution in [2.24, 2.45) is 5.92 Å². The lowest BCUT2D eigenvalue weighted by atomic mass is 10.2. The first-order valence-electron chi connectivity index (χ1n) is 7.17. The van der Waals surface area contributed by atoms with E-state index in [1.807, 2.05) is 11.0 Å². The van der Waals surface area contributed by atoms with E-state index in [9.17, 15) is 4.79 Å². The van der Waals surface area contributed by atoms with E-state index in [2.05, 4.69) is 34.0 Å². The van der Waals surface area contributed by atoms with Crippen LogP contribution in [0.3, 0.4) is 0 Å². The lowest BCUT2D eigenvalue weighted by molar-refractivity contribution is -0.130. The van der Waals surface area contributed by atoms with E-state index >= 15 is 0 Å². The molecule has 1 aromatic rings. The molecule has 0 atom stereocenters. The van der Waals surface area contributed by atoms with Gasteiger partial charge in [-0.05, 0) is 18.5 Å². The average molecular weight is 277 g/mol. The normalized spacial score (nSPS) is 15.8. The molecule has 0 unspecified atom stereocenters. The number of aromatic nitrogens is 2. The van der Waals surface area contributed by atoms with Gasteiger partial charge in [0.15, 0.2) is 0 Å². The summed E-state index contributed by atoms with van der Waals surface area (Å²) in [5.41, 5.74) is 0. The van der Waals surface area contributed by atoms with E-state index in [0.29, 0.717) is 12.5 Å². The van der Waals surface area contributed by atoms with Crippen LogP contribution in [0, 0.1) is 5.92 Å². The van der Waals surface area contributed by atoms with Gasteiger partial charge in [0.2, 0.25) is 11.9 Å². The molecule has 0 aromatic carbocycles. The highest BCUT2D eigenvalue weighted by molar-refractivity contribution is 5.78. The van der Waals surface area contributed by atoms with Gasteiger partial charge in [0, 0.05) is 38.6 Å². The first-order valence-corrected chi connectivity index (χ1v) is 7.17. The van der Waals surface area contributed by atoms with Gasteiger partial charge in [0.05, 0.1) is 6.54 Å². The smallest absolute Gasteiger partial charge is 0.236 e. The predicted octanol–water partition coefficient (Wildman–Crippen LogP) is 0.371. The van der Waals surface area contributed by atoms with E-state index in [4.69, 9.17) is 0 Å². The maximum Gasteiger partial charge on any atom is 0.236 e. The molecule has 1 aromatic heterocycles. The molecule has 110 valence electrons. The molecule has 2 heterocycles. The van der Waals surface area contributed by atoms with Gasteiger partial charge in [0.25, 0.3) is 0 Å². The highest BCUT2D eigenvalue weighted by atomic mass is 16.2. The second-order valence-corrected chi connectivity index (χ2v) is 5.44. The Morgan fingerprint density at radius 3 is 2.50 bits per heavy atom. The minimum absolute atomic E-state index is 0.180. The van der Waals surface area contributed by atoms with Crippen molar-refractivity contribution >= 4 is 11.9 Å². The molecule has 0 saturated carbocycles. The zero-order chi connectivity index (χ0) is 14.4. The van der Waals surface area contributed by atoms with Crippen molar-refractivity contribution < 1.29 is 4.79 Å². The van der Waals surface area contributed by atoms with Crippen molar-refractivity contribution in [3.05, 3.63) is 18.5 Å². The Morgan fingerprint density at radius 2 is 1.90 bits per heavy atom. The number of carbonyl (C=O) groups excluding carboxylic acids is 1. The standard InChI is InChI=1S/C14H23N5O/c1-12(2)10-15-11-13(20)18-6-8-19(9-7-18)14-16-4-3-5-17-14/h3-5,12,15H,6-11H2,1-2H3. The molecule has 0 bridgehead atoms. The van der Waals surface area contributed by atoms with Gasteiger partial charge < -0.3 is 15.1 Å². The Labute approximate surface area is 120 Å². The van der Waals surface area contributed by atoms with Crippen LogP contribution in [0.5, 0.6) is 0 Å². The predicted molar refractivity (Wildman–Crippen MR) is 78.5 cm³/mol. The van der Waals surface area contributed by atoms with Crippen LogP contribution in [0.2, 0.25) is 0 Å². The molecule has 1 aliphatic rings. The molecule has 0 aliphatic carbocycles. The monoisotopic (exact) mass is 277 g/mol. The fourth-order valence-corrected chi connectivity index (χ4v) is 2.19. The van der Waals surface area contributed by atoms with Crippen LogP contribution in [0.25, 0.3) is 0 Å². The van der Waals surface area contributed by atoms with Gasteiger partial charge in [0.1, 0.15) is 0 Å². The largest absolute Gasteiger partial charge is 0.338 e. The van der Waals surface area contributed by atoms with Gasteiger partial charge in [-0.25, -0.2) is 9.97 Å². The van der Waals surface area contributed by atoms with Crippen LogP contribution in [-0.4, -0.2) is 60.0 Å². The Hall–Kier alpha value is -1.69. The molecule has 1 N–H and O–H groups in total. The number of rotatable bonds is 5. The molecule has 2 rings (SSSR count). The van der Waals surface area contributed by atoms with Gasteiger partial charge >= 0.3 is 0 Å². The summed E-state index contributed by atoms with van der Waals surface area (Å²) in [7, 11) is 0. The van der Waals surface area contributed by atoms with E-state index in [1.54, 1.807) is 12.4 Å². The van der Waals surface area contributed by atoms with Gasteiger partial charge in [-0.3, -0.25) is 4.79 Å². The average Bonchev–Trinajstić information content (AvgIpc) is 2.48. The fourth-order valence-electron chi connectivity index (χ4n) is 2.19. The Morgan fingerprint density at radius 1 is 1.25 bits per heavy atom. The highest BCUT2D eigenvalue weighted by Gasteiger charge is 2.21. The Kier molecular flexibility index (Phi) is 5.29. The number of amides is 1. The molecule has 1 saturated heterocycles. The second-order valence-electron chi connectivity index (χ2n) is 5.44. The topological polar surface area (TPSA) is 61.4 Å². The fraction of sp³-hybridized carbons (Fsp3) is 0.643. The molecule has 6 nitrogen and oxygen atoms in total. The summed E-state index contributed by atoms with van der Waals surface area (Å²) >= 11 is 0. The van der Waals surface area contributed by atoms with E-state index < -0.39 is 0 Å². The van der Waals surface area contributed by atoms with E-state index in [1.165, 1.54) is 0 Å². The number of piperazine rings is 1. The third-order valence-electron chi connectivity index (χ3n) is 3.30. The first-order chi connectivity index (χ1) is 9.66. The summed E-state index contributed by atoms with van der Waals surface area (Å²) in [6.45, 7) is 8.64. The summed E-state index contributed by atoms with van der Waals surface area (Å²) in [5.74, 6) is 1.49. The summed E-state index contributed by atoms with van der Waals surface area (Å²) in [6.07, 6.45) is 3.49. The zero-order valence-corrected chi connectivity index (χ0v) is 12.2. The highest BCUT2D eigenvalue weighted by Crippen LogP contribution is 2.09. The molecule has 20 heavy (non-hydrogen) atoms. The lowest BCUT2D eigenvalue weighted by Crippen LogP contribution is -2.51. The molecular formula is C14H23N5O. The Balaban J connectivity index is 1.75. The molecule has 1 fully saturated rings. The van der Waals surface area contributed by atoms with Crippen LogP contribution >= 0.6 is 0 Å². The minimum Gasteiger partial charge on any atom is -0.338 e. The Bertz CT molecular complexity index is 415. The zero-order valence-electron chi connectivity index (χ0n) is 12.2. The number of anilines is 1. The third kappa shape index (κ3) is 4.16. The second kappa shape index (κ2) is 7.19. The maximum absolute atomic E-state index is 12.0. The van der Waals surface area contributed by atoms with Crippen LogP contribution in [0.1, 0.15) is 13.8 Å². The number of nitrogens with one attached hydrogen (secondary N) is 1. The summed E-state index contributed by atoms with van der Waals surface area (Å²) < 4.78 is 0. The van der Waals surface area contributed by atoms with Crippen molar-refractivity contribution in [3.8, 4) is 0 Å². The molecule has 1 amide bonds. The molecule has 0 radical (unpaired) electrons. The van der Waals surface area contributed by atoms with E-state index in [-0.39, 0.29) is 5.91 Å². The number of carbonyl (C=O) groups is 1. The van der Waals surface area contributed by atoms with Gasteiger partial charge in [-0.15, -0.1) is 0 Å². The van der Waals surface area contributed by atoms with E-state index in [0.717, 1.165) is 38.7 Å². The van der Waals surface area contributed by atoms with Crippen molar-refractivity contribution in [3.63, 3.8) is 0 Å². The van der Waals surface area contributed by atoms with Crippen molar-refractivity contribution in [1.82, 2.24) is 20.2 Å². The van der Waals surface area contributed by atoms with Crippen LogP contribution < -0.4 is 10.2 Å². The molecule has 1 aliphatic heterocycles. The SMILES string of the molecule is CC(C)CNCC(=O)N1CCN(c2ncccn2)CC1. The quantitative estimate of drug-likeness (QED) is 0.842. The third-order valence-corrected chi connectivity index (χ3v) is 3.30. The number of hydrogen-bond acceptors (Lipinski definition) is 5. The maximum atomic E-state index is 12.0. The van der Waals surface area contributed by atoms with Gasteiger partial charge in [-0.1, -0.05) is 13.8 Å². The molecule has 0 spiro atoms. The lowest BCUT2D eigenvalue weighted by Gasteiger charge is -2.34. The van der Waals surface area contributed by atoms with Crippen molar-refractivity contribution in [2.75, 3.05) is 44.2 Å². The molecular weight excluding hydrogens is 254 g/mol. The van der Waals surface area contributed by atoms with Crippen LogP contribution in [0.15, 0.2) is 18.5 Å². The summed E-state index contributed by atoms with van der Waals surface area (Å²) in [6, 6.07) is 1.81. The summed E-state index contributed by atoms with van der Waals surface area (Å²) in [4.78, 5) is 24.5.